The topological polar surface area (TPSA) is 15.7 Å². The van der Waals surface area contributed by atoms with E-state index in [4.69, 9.17) is 4.74 Å². The molecule has 1 aromatic carbocycles. The number of benzene rings is 1. The maximum atomic E-state index is 14.0. The minimum atomic E-state index is -0.815. The van der Waals surface area contributed by atoms with Crippen LogP contribution in [0.25, 0.3) is 0 Å². The van der Waals surface area contributed by atoms with Crippen LogP contribution >= 0.6 is 11.8 Å². The molecule has 0 unspecified atom stereocenters. The van der Waals surface area contributed by atoms with E-state index in [1.54, 1.807) is 0 Å². The second kappa shape index (κ2) is 7.96. The Kier molecular flexibility index (Phi) is 6.26. The standard InChI is InChI=1S/C15H22F2N2OS/c1-20-14-4-3-13(16)15(17)12(14)11-19-7-5-18(6-8-19)9-10-21-2/h3-4H,5-11H2,1-2H3. The van der Waals surface area contributed by atoms with E-state index in [2.05, 4.69) is 16.1 Å². The number of methoxy groups -OCH3 is 1. The zero-order chi connectivity index (χ0) is 15.2. The highest BCUT2D eigenvalue weighted by molar-refractivity contribution is 7.98. The number of halogens is 2. The molecule has 1 heterocycles. The molecule has 0 amide bonds. The van der Waals surface area contributed by atoms with Crippen LogP contribution < -0.4 is 4.74 Å². The van der Waals surface area contributed by atoms with Crippen molar-refractivity contribution < 1.29 is 13.5 Å². The molecule has 3 nitrogen and oxygen atoms in total. The van der Waals surface area contributed by atoms with E-state index >= 15 is 0 Å². The van der Waals surface area contributed by atoms with Crippen molar-refractivity contribution in [3.63, 3.8) is 0 Å². The van der Waals surface area contributed by atoms with Crippen molar-refractivity contribution in [2.45, 2.75) is 6.54 Å². The third-order valence-corrected chi connectivity index (χ3v) is 4.42. The zero-order valence-corrected chi connectivity index (χ0v) is 13.4. The number of nitrogens with zero attached hydrogens (tertiary/aromatic N) is 2. The van der Waals surface area contributed by atoms with Gasteiger partial charge in [-0.1, -0.05) is 0 Å². The van der Waals surface area contributed by atoms with Gasteiger partial charge in [-0.3, -0.25) is 9.80 Å². The molecule has 0 atom stereocenters. The molecule has 0 aromatic heterocycles. The van der Waals surface area contributed by atoms with Crippen molar-refractivity contribution in [3.05, 3.63) is 29.3 Å². The van der Waals surface area contributed by atoms with Crippen LogP contribution in [0.1, 0.15) is 5.56 Å². The number of ether oxygens (including phenoxy) is 1. The van der Waals surface area contributed by atoms with Crippen LogP contribution in [-0.4, -0.2) is 61.6 Å². The second-order valence-corrected chi connectivity index (χ2v) is 6.14. The molecule has 1 aliphatic rings. The summed E-state index contributed by atoms with van der Waals surface area (Å²) in [5, 5.41) is 0. The first-order chi connectivity index (χ1) is 10.2. The van der Waals surface area contributed by atoms with E-state index in [0.717, 1.165) is 44.5 Å². The fourth-order valence-electron chi connectivity index (χ4n) is 2.53. The summed E-state index contributed by atoms with van der Waals surface area (Å²) in [7, 11) is 1.48. The summed E-state index contributed by atoms with van der Waals surface area (Å²) in [6.07, 6.45) is 2.11. The van der Waals surface area contributed by atoms with Crippen molar-refractivity contribution >= 4 is 11.8 Å². The van der Waals surface area contributed by atoms with Crippen LogP contribution in [0.2, 0.25) is 0 Å². The molecule has 0 N–H and O–H groups in total. The molecular formula is C15H22F2N2OS. The zero-order valence-electron chi connectivity index (χ0n) is 12.6. The lowest BCUT2D eigenvalue weighted by atomic mass is 10.1. The van der Waals surface area contributed by atoms with Gasteiger partial charge in [0.05, 0.1) is 7.11 Å². The highest BCUT2D eigenvalue weighted by atomic mass is 32.2. The molecular weight excluding hydrogens is 294 g/mol. The monoisotopic (exact) mass is 316 g/mol. The fraction of sp³-hybridized carbons (Fsp3) is 0.600. The van der Waals surface area contributed by atoms with Crippen molar-refractivity contribution in [2.24, 2.45) is 0 Å². The predicted octanol–water partition coefficient (Wildman–Crippen LogP) is 2.45. The average Bonchev–Trinajstić information content (AvgIpc) is 2.51. The van der Waals surface area contributed by atoms with E-state index in [1.807, 2.05) is 11.8 Å². The smallest absolute Gasteiger partial charge is 0.167 e. The number of thioether (sulfide) groups is 1. The summed E-state index contributed by atoms with van der Waals surface area (Å²) in [6, 6.07) is 2.60. The van der Waals surface area contributed by atoms with Gasteiger partial charge in [0.2, 0.25) is 0 Å². The Labute approximate surface area is 129 Å². The molecule has 0 spiro atoms. The van der Waals surface area contributed by atoms with E-state index in [1.165, 1.54) is 13.2 Å². The Hall–Kier alpha value is -0.850. The third-order valence-electron chi connectivity index (χ3n) is 3.83. The van der Waals surface area contributed by atoms with Gasteiger partial charge < -0.3 is 4.74 Å². The van der Waals surface area contributed by atoms with E-state index in [0.29, 0.717) is 17.9 Å². The van der Waals surface area contributed by atoms with Crippen molar-refractivity contribution in [1.82, 2.24) is 9.80 Å². The second-order valence-electron chi connectivity index (χ2n) is 5.15. The van der Waals surface area contributed by atoms with Crippen LogP contribution in [0.5, 0.6) is 5.75 Å². The van der Waals surface area contributed by atoms with Crippen LogP contribution in [0.4, 0.5) is 8.78 Å². The largest absolute Gasteiger partial charge is 0.496 e. The molecule has 1 fully saturated rings. The van der Waals surface area contributed by atoms with Gasteiger partial charge in [-0.2, -0.15) is 11.8 Å². The molecule has 0 bridgehead atoms. The molecule has 1 saturated heterocycles. The van der Waals surface area contributed by atoms with Gasteiger partial charge in [0, 0.05) is 50.6 Å². The number of hydrogen-bond donors (Lipinski definition) is 0. The predicted molar refractivity (Wildman–Crippen MR) is 83.0 cm³/mol. The molecule has 21 heavy (non-hydrogen) atoms. The quantitative estimate of drug-likeness (QED) is 0.801. The number of piperazine rings is 1. The lowest BCUT2D eigenvalue weighted by Gasteiger charge is -2.34. The first kappa shape index (κ1) is 16.5. The Morgan fingerprint density at radius 3 is 2.43 bits per heavy atom. The number of hydrogen-bond acceptors (Lipinski definition) is 4. The highest BCUT2D eigenvalue weighted by Gasteiger charge is 2.21. The van der Waals surface area contributed by atoms with Crippen molar-refractivity contribution in [3.8, 4) is 5.75 Å². The van der Waals surface area contributed by atoms with Crippen LogP contribution in [0.15, 0.2) is 12.1 Å². The Bertz CT molecular complexity index is 465. The summed E-state index contributed by atoms with van der Waals surface area (Å²) >= 11 is 1.84. The summed E-state index contributed by atoms with van der Waals surface area (Å²) in [4.78, 5) is 4.56. The molecule has 2 rings (SSSR count). The Balaban J connectivity index is 1.96. The molecule has 0 aliphatic carbocycles. The molecule has 1 aromatic rings. The van der Waals surface area contributed by atoms with Crippen molar-refractivity contribution in [2.75, 3.05) is 51.8 Å². The molecule has 0 saturated carbocycles. The maximum absolute atomic E-state index is 14.0. The van der Waals surface area contributed by atoms with E-state index in [-0.39, 0.29) is 0 Å². The lowest BCUT2D eigenvalue weighted by Crippen LogP contribution is -2.46. The normalized spacial score (nSPS) is 17.1. The summed E-state index contributed by atoms with van der Waals surface area (Å²) in [5.41, 5.74) is 0.315. The van der Waals surface area contributed by atoms with E-state index in [9.17, 15) is 8.78 Å². The molecule has 0 radical (unpaired) electrons. The SMILES string of the molecule is COc1ccc(F)c(F)c1CN1CCN(CCSC)CC1. The van der Waals surface area contributed by atoms with Crippen LogP contribution in [0.3, 0.4) is 0 Å². The van der Waals surface area contributed by atoms with Crippen LogP contribution in [0, 0.1) is 11.6 Å². The van der Waals surface area contributed by atoms with Gasteiger partial charge in [-0.15, -0.1) is 0 Å². The van der Waals surface area contributed by atoms with Gasteiger partial charge in [0.1, 0.15) is 5.75 Å². The van der Waals surface area contributed by atoms with Gasteiger partial charge in [0.25, 0.3) is 0 Å². The first-order valence-electron chi connectivity index (χ1n) is 7.10. The lowest BCUT2D eigenvalue weighted by molar-refractivity contribution is 0.130. The maximum Gasteiger partial charge on any atom is 0.167 e. The van der Waals surface area contributed by atoms with Crippen LogP contribution in [-0.2, 0) is 6.54 Å². The molecule has 118 valence electrons. The summed E-state index contributed by atoms with van der Waals surface area (Å²) in [5.74, 6) is -0.0610. The number of rotatable bonds is 6. The average molecular weight is 316 g/mol. The third kappa shape index (κ3) is 4.31. The Morgan fingerprint density at radius 2 is 1.81 bits per heavy atom. The van der Waals surface area contributed by atoms with Gasteiger partial charge in [-0.05, 0) is 18.4 Å². The van der Waals surface area contributed by atoms with Gasteiger partial charge >= 0.3 is 0 Å². The summed E-state index contributed by atoms with van der Waals surface area (Å²) in [6.45, 7) is 5.16. The Morgan fingerprint density at radius 1 is 1.14 bits per heavy atom. The minimum Gasteiger partial charge on any atom is -0.496 e. The van der Waals surface area contributed by atoms with Crippen molar-refractivity contribution in [1.29, 1.82) is 0 Å². The fourth-order valence-corrected chi connectivity index (χ4v) is 2.97. The first-order valence-corrected chi connectivity index (χ1v) is 8.49. The van der Waals surface area contributed by atoms with Gasteiger partial charge in [-0.25, -0.2) is 8.78 Å². The van der Waals surface area contributed by atoms with E-state index < -0.39 is 11.6 Å². The highest BCUT2D eigenvalue weighted by Crippen LogP contribution is 2.25. The minimum absolute atomic E-state index is 0.315. The van der Waals surface area contributed by atoms with Gasteiger partial charge in [0.15, 0.2) is 11.6 Å². The summed E-state index contributed by atoms with van der Waals surface area (Å²) < 4.78 is 32.5. The molecule has 6 heteroatoms. The molecule has 1 aliphatic heterocycles.